The molecule has 0 bridgehead atoms. The molecule has 0 heterocycles. The molecule has 1 aromatic rings. The van der Waals surface area contributed by atoms with Crippen molar-refractivity contribution >= 4 is 5.91 Å². The third-order valence-corrected chi connectivity index (χ3v) is 3.65. The Hall–Kier alpha value is -1.75. The van der Waals surface area contributed by atoms with Crippen molar-refractivity contribution in [3.8, 4) is 11.5 Å². The SMILES string of the molecule is COc1ccc(OC)c(CNC(=O)C2(CN)CC2)c1. The molecule has 2 rings (SSSR count). The third-order valence-electron chi connectivity index (χ3n) is 3.65. The summed E-state index contributed by atoms with van der Waals surface area (Å²) in [6.07, 6.45) is 1.76. The number of amides is 1. The maximum Gasteiger partial charge on any atom is 0.227 e. The topological polar surface area (TPSA) is 73.6 Å². The highest BCUT2D eigenvalue weighted by Crippen LogP contribution is 2.44. The van der Waals surface area contributed by atoms with Gasteiger partial charge in [0.15, 0.2) is 0 Å². The molecule has 0 radical (unpaired) electrons. The van der Waals surface area contributed by atoms with E-state index in [0.717, 1.165) is 29.9 Å². The Bertz CT molecular complexity index is 470. The van der Waals surface area contributed by atoms with Crippen molar-refractivity contribution in [1.82, 2.24) is 5.32 Å². The lowest BCUT2D eigenvalue weighted by Gasteiger charge is -2.15. The summed E-state index contributed by atoms with van der Waals surface area (Å²) in [7, 11) is 3.22. The minimum absolute atomic E-state index is 0.0277. The largest absolute Gasteiger partial charge is 0.497 e. The first-order valence-electron chi connectivity index (χ1n) is 6.34. The lowest BCUT2D eigenvalue weighted by atomic mass is 10.1. The van der Waals surface area contributed by atoms with E-state index in [1.807, 2.05) is 18.2 Å². The zero-order chi connectivity index (χ0) is 13.9. The van der Waals surface area contributed by atoms with Gasteiger partial charge in [-0.3, -0.25) is 4.79 Å². The summed E-state index contributed by atoms with van der Waals surface area (Å²) in [4.78, 5) is 12.0. The molecular weight excluding hydrogens is 244 g/mol. The van der Waals surface area contributed by atoms with Gasteiger partial charge in [-0.2, -0.15) is 0 Å². The molecule has 1 fully saturated rings. The number of carbonyl (C=O) groups excluding carboxylic acids is 1. The Balaban J connectivity index is 2.04. The number of nitrogens with two attached hydrogens (primary N) is 1. The molecule has 1 aromatic carbocycles. The number of methoxy groups -OCH3 is 2. The maximum absolute atomic E-state index is 12.0. The Kier molecular flexibility index (Phi) is 3.95. The van der Waals surface area contributed by atoms with Crippen molar-refractivity contribution in [3.05, 3.63) is 23.8 Å². The third kappa shape index (κ3) is 2.81. The standard InChI is InChI=1S/C14H20N2O3/c1-18-11-3-4-12(19-2)10(7-11)8-16-13(17)14(9-15)5-6-14/h3-4,7H,5-6,8-9,15H2,1-2H3,(H,16,17). The first-order valence-corrected chi connectivity index (χ1v) is 6.34. The summed E-state index contributed by atoms with van der Waals surface area (Å²) in [5.74, 6) is 1.50. The van der Waals surface area contributed by atoms with Crippen LogP contribution in [0.4, 0.5) is 0 Å². The van der Waals surface area contributed by atoms with Crippen LogP contribution in [0.1, 0.15) is 18.4 Å². The van der Waals surface area contributed by atoms with Crippen LogP contribution in [0.3, 0.4) is 0 Å². The average molecular weight is 264 g/mol. The van der Waals surface area contributed by atoms with E-state index < -0.39 is 0 Å². The van der Waals surface area contributed by atoms with Gasteiger partial charge in [-0.15, -0.1) is 0 Å². The monoisotopic (exact) mass is 264 g/mol. The van der Waals surface area contributed by atoms with Crippen LogP contribution in [-0.2, 0) is 11.3 Å². The summed E-state index contributed by atoms with van der Waals surface area (Å²) >= 11 is 0. The highest BCUT2D eigenvalue weighted by atomic mass is 16.5. The highest BCUT2D eigenvalue weighted by molar-refractivity contribution is 5.85. The van der Waals surface area contributed by atoms with Crippen LogP contribution in [0, 0.1) is 5.41 Å². The maximum atomic E-state index is 12.0. The molecular formula is C14H20N2O3. The van der Waals surface area contributed by atoms with Crippen LogP contribution < -0.4 is 20.5 Å². The van der Waals surface area contributed by atoms with E-state index in [-0.39, 0.29) is 11.3 Å². The molecule has 5 heteroatoms. The lowest BCUT2D eigenvalue weighted by Crippen LogP contribution is -2.36. The van der Waals surface area contributed by atoms with Crippen molar-refractivity contribution in [2.75, 3.05) is 20.8 Å². The van der Waals surface area contributed by atoms with Crippen molar-refractivity contribution < 1.29 is 14.3 Å². The number of hydrogen-bond donors (Lipinski definition) is 2. The molecule has 1 aliphatic carbocycles. The second-order valence-corrected chi connectivity index (χ2v) is 4.84. The molecule has 0 atom stereocenters. The molecule has 0 aromatic heterocycles. The molecule has 19 heavy (non-hydrogen) atoms. The van der Waals surface area contributed by atoms with Crippen LogP contribution in [-0.4, -0.2) is 26.7 Å². The summed E-state index contributed by atoms with van der Waals surface area (Å²) in [6.45, 7) is 0.828. The van der Waals surface area contributed by atoms with Gasteiger partial charge in [-0.1, -0.05) is 0 Å². The van der Waals surface area contributed by atoms with Gasteiger partial charge in [0.1, 0.15) is 11.5 Å². The number of carbonyl (C=O) groups is 1. The first-order chi connectivity index (χ1) is 9.15. The van der Waals surface area contributed by atoms with Crippen LogP contribution >= 0.6 is 0 Å². The van der Waals surface area contributed by atoms with Crippen molar-refractivity contribution in [3.63, 3.8) is 0 Å². The smallest absolute Gasteiger partial charge is 0.227 e. The van der Waals surface area contributed by atoms with E-state index in [0.29, 0.717) is 13.1 Å². The van der Waals surface area contributed by atoms with E-state index in [1.54, 1.807) is 14.2 Å². The second kappa shape index (κ2) is 5.48. The molecule has 0 spiro atoms. The number of rotatable bonds is 6. The molecule has 0 unspecified atom stereocenters. The summed E-state index contributed by atoms with van der Waals surface area (Å²) < 4.78 is 10.4. The molecule has 1 saturated carbocycles. The van der Waals surface area contributed by atoms with Crippen LogP contribution in [0.2, 0.25) is 0 Å². The van der Waals surface area contributed by atoms with Crippen LogP contribution in [0.5, 0.6) is 11.5 Å². The van der Waals surface area contributed by atoms with Crippen molar-refractivity contribution in [1.29, 1.82) is 0 Å². The van der Waals surface area contributed by atoms with Crippen molar-refractivity contribution in [2.45, 2.75) is 19.4 Å². The number of benzene rings is 1. The van der Waals surface area contributed by atoms with E-state index in [1.165, 1.54) is 0 Å². The Morgan fingerprint density at radius 1 is 1.37 bits per heavy atom. The zero-order valence-electron chi connectivity index (χ0n) is 11.4. The van der Waals surface area contributed by atoms with Gasteiger partial charge in [0.05, 0.1) is 19.6 Å². The number of nitrogens with one attached hydrogen (secondary N) is 1. The highest BCUT2D eigenvalue weighted by Gasteiger charge is 2.48. The van der Waals surface area contributed by atoms with Gasteiger partial charge >= 0.3 is 0 Å². The Labute approximate surface area is 113 Å². The minimum atomic E-state index is -0.327. The second-order valence-electron chi connectivity index (χ2n) is 4.84. The summed E-state index contributed by atoms with van der Waals surface area (Å²) in [5, 5.41) is 2.92. The van der Waals surface area contributed by atoms with E-state index in [4.69, 9.17) is 15.2 Å². The average Bonchev–Trinajstić information content (AvgIpc) is 3.25. The lowest BCUT2D eigenvalue weighted by molar-refractivity contribution is -0.126. The van der Waals surface area contributed by atoms with Gasteiger partial charge in [0.2, 0.25) is 5.91 Å². The quantitative estimate of drug-likeness (QED) is 0.805. The predicted octanol–water partition coefficient (Wildman–Crippen LogP) is 1.06. The Morgan fingerprint density at radius 2 is 2.11 bits per heavy atom. The van der Waals surface area contributed by atoms with Gasteiger partial charge in [0.25, 0.3) is 0 Å². The fourth-order valence-electron chi connectivity index (χ4n) is 2.06. The first kappa shape index (κ1) is 13.7. The molecule has 1 aliphatic rings. The molecule has 1 amide bonds. The molecule has 104 valence electrons. The van der Waals surface area contributed by atoms with Crippen LogP contribution in [0.15, 0.2) is 18.2 Å². The van der Waals surface area contributed by atoms with E-state index in [2.05, 4.69) is 5.32 Å². The molecule has 0 aliphatic heterocycles. The summed E-state index contributed by atoms with van der Waals surface area (Å²) in [5.41, 5.74) is 6.20. The number of hydrogen-bond acceptors (Lipinski definition) is 4. The normalized spacial score (nSPS) is 15.7. The summed E-state index contributed by atoms with van der Waals surface area (Å²) in [6, 6.07) is 5.52. The van der Waals surface area contributed by atoms with Gasteiger partial charge in [0, 0.05) is 18.7 Å². The molecule has 3 N–H and O–H groups in total. The predicted molar refractivity (Wildman–Crippen MR) is 72.1 cm³/mol. The van der Waals surface area contributed by atoms with E-state index in [9.17, 15) is 4.79 Å². The fourth-order valence-corrected chi connectivity index (χ4v) is 2.06. The van der Waals surface area contributed by atoms with E-state index >= 15 is 0 Å². The molecule has 5 nitrogen and oxygen atoms in total. The van der Waals surface area contributed by atoms with Gasteiger partial charge < -0.3 is 20.5 Å². The fraction of sp³-hybridized carbons (Fsp3) is 0.500. The van der Waals surface area contributed by atoms with Gasteiger partial charge in [-0.25, -0.2) is 0 Å². The van der Waals surface area contributed by atoms with Crippen molar-refractivity contribution in [2.24, 2.45) is 11.1 Å². The Morgan fingerprint density at radius 3 is 2.63 bits per heavy atom. The van der Waals surface area contributed by atoms with Gasteiger partial charge in [-0.05, 0) is 31.0 Å². The number of ether oxygens (including phenoxy) is 2. The zero-order valence-corrected chi connectivity index (χ0v) is 11.4. The molecule has 0 saturated heterocycles. The minimum Gasteiger partial charge on any atom is -0.497 e. The van der Waals surface area contributed by atoms with Crippen LogP contribution in [0.25, 0.3) is 0 Å².